The molecule has 0 aliphatic carbocycles. The third-order valence-electron chi connectivity index (χ3n) is 5.26. The number of rotatable bonds is 8. The monoisotopic (exact) mass is 496 g/mol. The highest BCUT2D eigenvalue weighted by Crippen LogP contribution is 2.24. The van der Waals surface area contributed by atoms with Crippen LogP contribution in [-0.2, 0) is 0 Å². The van der Waals surface area contributed by atoms with E-state index >= 15 is 0 Å². The fourth-order valence-corrected chi connectivity index (χ4v) is 3.46. The third-order valence-corrected chi connectivity index (χ3v) is 5.26. The number of carbonyl (C=O) groups excluding carboxylic acids is 2. The van der Waals surface area contributed by atoms with E-state index in [1.165, 1.54) is 42.5 Å². The van der Waals surface area contributed by atoms with Gasteiger partial charge in [-0.15, -0.1) is 0 Å². The number of anilines is 2. The zero-order valence-corrected chi connectivity index (χ0v) is 19.2. The number of carbonyl (C=O) groups is 4. The molecule has 2 amide bonds. The Hall–Kier alpha value is -5.44. The summed E-state index contributed by atoms with van der Waals surface area (Å²) >= 11 is 0. The molecule has 0 aliphatic rings. The van der Waals surface area contributed by atoms with E-state index in [9.17, 15) is 29.4 Å². The largest absolute Gasteiger partial charge is 0.478 e. The molecule has 0 spiro atoms. The summed E-state index contributed by atoms with van der Waals surface area (Å²) in [5, 5.41) is 23.7. The van der Waals surface area contributed by atoms with Gasteiger partial charge < -0.3 is 25.6 Å². The Morgan fingerprint density at radius 1 is 0.541 bits per heavy atom. The van der Waals surface area contributed by atoms with Crippen molar-refractivity contribution in [3.63, 3.8) is 0 Å². The molecule has 4 aromatic rings. The van der Waals surface area contributed by atoms with Crippen molar-refractivity contribution >= 4 is 35.1 Å². The lowest BCUT2D eigenvalue weighted by Crippen LogP contribution is -2.15. The van der Waals surface area contributed by atoms with Crippen molar-refractivity contribution in [2.75, 3.05) is 10.6 Å². The lowest BCUT2D eigenvalue weighted by atomic mass is 10.1. The second-order valence-corrected chi connectivity index (χ2v) is 7.76. The Labute approximate surface area is 211 Å². The first-order valence-corrected chi connectivity index (χ1v) is 11.0. The van der Waals surface area contributed by atoms with E-state index in [4.69, 9.17) is 4.74 Å². The van der Waals surface area contributed by atoms with Crippen molar-refractivity contribution in [1.29, 1.82) is 0 Å². The summed E-state index contributed by atoms with van der Waals surface area (Å²) in [6.45, 7) is 0. The highest BCUT2D eigenvalue weighted by molar-refractivity contribution is 6.08. The average molecular weight is 496 g/mol. The van der Waals surface area contributed by atoms with Gasteiger partial charge in [-0.05, 0) is 66.7 Å². The molecule has 4 rings (SSSR count). The molecule has 184 valence electrons. The number of carboxylic acid groups (broad SMARTS) is 2. The van der Waals surface area contributed by atoms with Gasteiger partial charge >= 0.3 is 11.9 Å². The number of hydrogen-bond acceptors (Lipinski definition) is 5. The van der Waals surface area contributed by atoms with Gasteiger partial charge in [0.2, 0.25) is 0 Å². The van der Waals surface area contributed by atoms with Crippen LogP contribution in [0.25, 0.3) is 0 Å². The summed E-state index contributed by atoms with van der Waals surface area (Å²) in [6, 6.07) is 24.7. The number of ether oxygens (including phenoxy) is 1. The summed E-state index contributed by atoms with van der Waals surface area (Å²) in [5.74, 6) is -2.55. The van der Waals surface area contributed by atoms with Gasteiger partial charge in [0, 0.05) is 11.1 Å². The maximum Gasteiger partial charge on any atom is 0.337 e. The maximum atomic E-state index is 12.7. The number of para-hydroxylation sites is 2. The maximum absolute atomic E-state index is 12.7. The molecule has 0 saturated carbocycles. The van der Waals surface area contributed by atoms with Gasteiger partial charge in [0.25, 0.3) is 11.8 Å². The molecule has 0 aromatic heterocycles. The average Bonchev–Trinajstić information content (AvgIpc) is 2.89. The third kappa shape index (κ3) is 5.98. The highest BCUT2D eigenvalue weighted by Gasteiger charge is 2.15. The molecule has 0 fully saturated rings. The van der Waals surface area contributed by atoms with Gasteiger partial charge in [-0.3, -0.25) is 9.59 Å². The second-order valence-electron chi connectivity index (χ2n) is 7.76. The highest BCUT2D eigenvalue weighted by atomic mass is 16.5. The smallest absolute Gasteiger partial charge is 0.337 e. The van der Waals surface area contributed by atoms with Crippen LogP contribution in [0.4, 0.5) is 11.4 Å². The second kappa shape index (κ2) is 10.9. The van der Waals surface area contributed by atoms with E-state index in [2.05, 4.69) is 10.6 Å². The first-order valence-electron chi connectivity index (χ1n) is 11.0. The van der Waals surface area contributed by atoms with Crippen molar-refractivity contribution in [1.82, 2.24) is 0 Å². The number of nitrogens with one attached hydrogen (secondary N) is 2. The zero-order chi connectivity index (χ0) is 26.4. The molecule has 0 unspecified atom stereocenters. The van der Waals surface area contributed by atoms with Crippen molar-refractivity contribution in [3.8, 4) is 11.5 Å². The van der Waals surface area contributed by atoms with Crippen molar-refractivity contribution in [2.24, 2.45) is 0 Å². The summed E-state index contributed by atoms with van der Waals surface area (Å²) in [7, 11) is 0. The molecular weight excluding hydrogens is 476 g/mol. The molecule has 9 nitrogen and oxygen atoms in total. The lowest BCUT2D eigenvalue weighted by molar-refractivity contribution is 0.0687. The quantitative estimate of drug-likeness (QED) is 0.256. The van der Waals surface area contributed by atoms with E-state index in [1.807, 2.05) is 0 Å². The Bertz CT molecular complexity index is 1500. The minimum Gasteiger partial charge on any atom is -0.478 e. The Kier molecular flexibility index (Phi) is 7.25. The van der Waals surface area contributed by atoms with Crippen molar-refractivity contribution < 1.29 is 34.1 Å². The van der Waals surface area contributed by atoms with E-state index in [1.54, 1.807) is 54.6 Å². The number of hydrogen-bond donors (Lipinski definition) is 4. The Morgan fingerprint density at radius 3 is 1.59 bits per heavy atom. The van der Waals surface area contributed by atoms with E-state index in [0.717, 1.165) is 0 Å². The van der Waals surface area contributed by atoms with Gasteiger partial charge in [0.1, 0.15) is 11.5 Å². The molecule has 9 heteroatoms. The fourth-order valence-electron chi connectivity index (χ4n) is 3.46. The molecule has 37 heavy (non-hydrogen) atoms. The van der Waals surface area contributed by atoms with Crippen LogP contribution in [-0.4, -0.2) is 34.0 Å². The molecule has 4 aromatic carbocycles. The number of amides is 2. The lowest BCUT2D eigenvalue weighted by Gasteiger charge is -2.11. The minimum absolute atomic E-state index is 0.0221. The SMILES string of the molecule is O=C(Nc1ccccc1C(=O)O)c1ccc(Oc2cccc(C(=O)Nc3ccccc3C(=O)O)c2)cc1. The molecule has 0 heterocycles. The van der Waals surface area contributed by atoms with Crippen molar-refractivity contribution in [2.45, 2.75) is 0 Å². The molecule has 0 bridgehead atoms. The van der Waals surface area contributed by atoms with Gasteiger partial charge in [-0.1, -0.05) is 30.3 Å². The van der Waals surface area contributed by atoms with E-state index < -0.39 is 23.8 Å². The van der Waals surface area contributed by atoms with Crippen molar-refractivity contribution in [3.05, 3.63) is 119 Å². The molecule has 0 aliphatic heterocycles. The first kappa shape index (κ1) is 24.7. The van der Waals surface area contributed by atoms with Gasteiger partial charge in [-0.25, -0.2) is 9.59 Å². The number of carboxylic acids is 2. The minimum atomic E-state index is -1.16. The Balaban J connectivity index is 1.44. The van der Waals surface area contributed by atoms with Crippen LogP contribution in [0.15, 0.2) is 97.1 Å². The zero-order valence-electron chi connectivity index (χ0n) is 19.2. The van der Waals surface area contributed by atoms with Crippen LogP contribution in [0, 0.1) is 0 Å². The van der Waals surface area contributed by atoms with Crippen LogP contribution in [0.2, 0.25) is 0 Å². The summed E-state index contributed by atoms with van der Waals surface area (Å²) < 4.78 is 5.80. The van der Waals surface area contributed by atoms with Crippen LogP contribution in [0.3, 0.4) is 0 Å². The van der Waals surface area contributed by atoms with Gasteiger partial charge in [0.15, 0.2) is 0 Å². The summed E-state index contributed by atoms with van der Waals surface area (Å²) in [5.41, 5.74) is 0.848. The van der Waals surface area contributed by atoms with Gasteiger partial charge in [-0.2, -0.15) is 0 Å². The molecule has 0 atom stereocenters. The van der Waals surface area contributed by atoms with Crippen LogP contribution < -0.4 is 15.4 Å². The van der Waals surface area contributed by atoms with E-state index in [0.29, 0.717) is 11.5 Å². The van der Waals surface area contributed by atoms with Crippen LogP contribution in [0.1, 0.15) is 41.4 Å². The predicted molar refractivity (Wildman–Crippen MR) is 136 cm³/mol. The summed E-state index contributed by atoms with van der Waals surface area (Å²) in [4.78, 5) is 48.0. The molecule has 4 N–H and O–H groups in total. The fraction of sp³-hybridized carbons (Fsp3) is 0. The van der Waals surface area contributed by atoms with Gasteiger partial charge in [0.05, 0.1) is 22.5 Å². The molecule has 0 radical (unpaired) electrons. The molecule has 0 saturated heterocycles. The first-order chi connectivity index (χ1) is 17.8. The topological polar surface area (TPSA) is 142 Å². The van der Waals surface area contributed by atoms with Crippen LogP contribution >= 0.6 is 0 Å². The summed E-state index contributed by atoms with van der Waals surface area (Å²) in [6.07, 6.45) is 0. The van der Waals surface area contributed by atoms with E-state index in [-0.39, 0.29) is 33.6 Å². The number of aromatic carboxylic acids is 2. The number of benzene rings is 4. The van der Waals surface area contributed by atoms with Crippen LogP contribution in [0.5, 0.6) is 11.5 Å². The standard InChI is InChI=1S/C28H20N2O7/c31-25(29-23-10-3-1-8-21(23)27(33)34)17-12-14-19(15-13-17)37-20-7-5-6-18(16-20)26(32)30-24-11-4-2-9-22(24)28(35)36/h1-16H,(H,29,31)(H,30,32)(H,33,34)(H,35,36). The predicted octanol–water partition coefficient (Wildman–Crippen LogP) is 5.38. The normalized spacial score (nSPS) is 10.3. The Morgan fingerprint density at radius 2 is 1.05 bits per heavy atom. The molecular formula is C28H20N2O7.